The molecule has 2 N–H and O–H groups in total. The van der Waals surface area contributed by atoms with E-state index in [2.05, 4.69) is 22.5 Å². The van der Waals surface area contributed by atoms with Gasteiger partial charge in [0.25, 0.3) is 5.91 Å². The molecule has 2 aliphatic carbocycles. The van der Waals surface area contributed by atoms with E-state index in [9.17, 15) is 19.5 Å². The van der Waals surface area contributed by atoms with Crippen molar-refractivity contribution in [2.24, 2.45) is 7.05 Å². The molecule has 0 saturated heterocycles. The topological polar surface area (TPSA) is 114 Å². The van der Waals surface area contributed by atoms with Gasteiger partial charge in [-0.3, -0.25) is 14.8 Å². The summed E-state index contributed by atoms with van der Waals surface area (Å²) < 4.78 is 6.91. The summed E-state index contributed by atoms with van der Waals surface area (Å²) >= 11 is 0. The largest absolute Gasteiger partial charge is 0.479 e. The lowest BCUT2D eigenvalue weighted by atomic mass is 9.75. The number of fused-ring (bicyclic) bond motifs is 3. The minimum atomic E-state index is -1.23. The van der Waals surface area contributed by atoms with Gasteiger partial charge in [0.05, 0.1) is 11.9 Å². The molecule has 9 nitrogen and oxygen atoms in total. The van der Waals surface area contributed by atoms with Crippen LogP contribution in [0, 0.1) is 0 Å². The Balaban J connectivity index is 1.31. The molecule has 3 aromatic rings. The molecule has 0 aliphatic heterocycles. The van der Waals surface area contributed by atoms with Crippen molar-refractivity contribution in [2.45, 2.75) is 30.7 Å². The van der Waals surface area contributed by atoms with Gasteiger partial charge in [0, 0.05) is 20.0 Å². The standard InChI is InChI=1S/C26H26N4O5/c1-29(26(24(32)33)12-7-13-26)23(31)22-21(14-27-30(22)2)28-25(34)35-15-20-18-10-5-3-8-16(18)17-9-4-6-11-19(17)20/h3-6,8-11,14,20H,7,12-13,15H2,1-2H3,(H,28,34)(H,32,33). The lowest BCUT2D eigenvalue weighted by Gasteiger charge is -2.44. The normalized spacial score (nSPS) is 15.5. The first kappa shape index (κ1) is 22.6. The Labute approximate surface area is 202 Å². The molecule has 2 aliphatic rings. The number of ether oxygens (including phenoxy) is 1. The molecule has 180 valence electrons. The van der Waals surface area contributed by atoms with Crippen molar-refractivity contribution in [1.82, 2.24) is 14.7 Å². The highest BCUT2D eigenvalue weighted by atomic mass is 16.5. The van der Waals surface area contributed by atoms with E-state index in [4.69, 9.17) is 4.74 Å². The summed E-state index contributed by atoms with van der Waals surface area (Å²) in [4.78, 5) is 39.0. The van der Waals surface area contributed by atoms with Crippen LogP contribution in [0.25, 0.3) is 11.1 Å². The first-order valence-corrected chi connectivity index (χ1v) is 11.5. The van der Waals surface area contributed by atoms with Gasteiger partial charge in [0.15, 0.2) is 0 Å². The lowest BCUT2D eigenvalue weighted by molar-refractivity contribution is -0.154. The van der Waals surface area contributed by atoms with Crippen LogP contribution < -0.4 is 5.32 Å². The summed E-state index contributed by atoms with van der Waals surface area (Å²) in [6, 6.07) is 16.1. The number of carboxylic acid groups (broad SMARTS) is 1. The minimum absolute atomic E-state index is 0.0912. The van der Waals surface area contributed by atoms with Gasteiger partial charge in [-0.2, -0.15) is 5.10 Å². The van der Waals surface area contributed by atoms with Crippen molar-refractivity contribution in [3.63, 3.8) is 0 Å². The maximum absolute atomic E-state index is 13.2. The van der Waals surface area contributed by atoms with Crippen molar-refractivity contribution < 1.29 is 24.2 Å². The molecular weight excluding hydrogens is 448 g/mol. The third-order valence-corrected chi connectivity index (χ3v) is 7.25. The van der Waals surface area contributed by atoms with Crippen molar-refractivity contribution in [3.8, 4) is 11.1 Å². The van der Waals surface area contributed by atoms with Crippen molar-refractivity contribution in [2.75, 3.05) is 19.0 Å². The Kier molecular flexibility index (Phi) is 5.55. The Hall–Kier alpha value is -4.14. The minimum Gasteiger partial charge on any atom is -0.479 e. The number of aliphatic carboxylic acids is 1. The van der Waals surface area contributed by atoms with Gasteiger partial charge in [0.1, 0.15) is 17.8 Å². The third kappa shape index (κ3) is 3.63. The molecule has 35 heavy (non-hydrogen) atoms. The summed E-state index contributed by atoms with van der Waals surface area (Å²) in [5, 5.41) is 16.4. The molecule has 9 heteroatoms. The summed E-state index contributed by atoms with van der Waals surface area (Å²) in [5.41, 5.74) is 3.48. The van der Waals surface area contributed by atoms with Crippen LogP contribution in [-0.2, 0) is 16.6 Å². The number of amides is 2. The van der Waals surface area contributed by atoms with Crippen LogP contribution in [0.2, 0.25) is 0 Å². The van der Waals surface area contributed by atoms with Crippen LogP contribution in [0.1, 0.15) is 46.8 Å². The maximum atomic E-state index is 13.2. The smallest absolute Gasteiger partial charge is 0.411 e. The van der Waals surface area contributed by atoms with E-state index < -0.39 is 23.5 Å². The van der Waals surface area contributed by atoms with Gasteiger partial charge < -0.3 is 14.7 Å². The number of rotatable bonds is 6. The van der Waals surface area contributed by atoms with Crippen LogP contribution in [-0.4, -0.2) is 57.0 Å². The molecule has 1 saturated carbocycles. The number of aromatic nitrogens is 2. The number of carboxylic acids is 1. The summed E-state index contributed by atoms with van der Waals surface area (Å²) in [5.74, 6) is -1.66. The fourth-order valence-electron chi connectivity index (χ4n) is 5.08. The van der Waals surface area contributed by atoms with Crippen LogP contribution in [0.4, 0.5) is 10.5 Å². The van der Waals surface area contributed by atoms with Crippen LogP contribution in [0.5, 0.6) is 0 Å². The third-order valence-electron chi connectivity index (χ3n) is 7.25. The Morgan fingerprint density at radius 2 is 1.71 bits per heavy atom. The summed E-state index contributed by atoms with van der Waals surface area (Å²) in [6.07, 6.45) is 2.15. The molecule has 0 unspecified atom stereocenters. The Morgan fingerprint density at radius 1 is 1.11 bits per heavy atom. The maximum Gasteiger partial charge on any atom is 0.411 e. The number of nitrogens with one attached hydrogen (secondary N) is 1. The molecule has 5 rings (SSSR count). The average Bonchev–Trinajstić information content (AvgIpc) is 3.33. The van der Waals surface area contributed by atoms with Gasteiger partial charge in [0.2, 0.25) is 0 Å². The van der Waals surface area contributed by atoms with Crippen molar-refractivity contribution >= 4 is 23.7 Å². The highest BCUT2D eigenvalue weighted by Gasteiger charge is 2.50. The first-order valence-electron chi connectivity index (χ1n) is 11.5. The number of anilines is 1. The number of carbonyl (C=O) groups excluding carboxylic acids is 2. The summed E-state index contributed by atoms with van der Waals surface area (Å²) in [7, 11) is 3.04. The monoisotopic (exact) mass is 474 g/mol. The number of benzene rings is 2. The predicted octanol–water partition coefficient (Wildman–Crippen LogP) is 3.86. The number of hydrogen-bond acceptors (Lipinski definition) is 5. The second-order valence-electron chi connectivity index (χ2n) is 9.04. The molecule has 0 atom stereocenters. The van der Waals surface area contributed by atoms with Crippen molar-refractivity contribution in [3.05, 3.63) is 71.5 Å². The molecule has 2 aromatic carbocycles. The highest BCUT2D eigenvalue weighted by molar-refractivity contribution is 6.03. The molecule has 0 radical (unpaired) electrons. The Bertz CT molecular complexity index is 1280. The second-order valence-corrected chi connectivity index (χ2v) is 9.04. The van der Waals surface area contributed by atoms with Crippen molar-refractivity contribution in [1.29, 1.82) is 0 Å². The first-order chi connectivity index (χ1) is 16.8. The van der Waals surface area contributed by atoms with Crippen LogP contribution in [0.15, 0.2) is 54.7 Å². The lowest BCUT2D eigenvalue weighted by Crippen LogP contribution is -2.59. The molecular formula is C26H26N4O5. The quantitative estimate of drug-likeness (QED) is 0.561. The van der Waals surface area contributed by atoms with E-state index >= 15 is 0 Å². The van der Waals surface area contributed by atoms with E-state index in [-0.39, 0.29) is 23.9 Å². The average molecular weight is 475 g/mol. The van der Waals surface area contributed by atoms with Gasteiger partial charge in [-0.15, -0.1) is 0 Å². The zero-order valence-corrected chi connectivity index (χ0v) is 19.5. The van der Waals surface area contributed by atoms with Gasteiger partial charge >= 0.3 is 12.1 Å². The van der Waals surface area contributed by atoms with Gasteiger partial charge in [-0.25, -0.2) is 9.59 Å². The number of hydrogen-bond donors (Lipinski definition) is 2. The molecule has 1 fully saturated rings. The predicted molar refractivity (Wildman–Crippen MR) is 128 cm³/mol. The SMILES string of the molecule is CN(C(=O)c1c(NC(=O)OCC2c3ccccc3-c3ccccc32)cnn1C)C1(C(=O)O)CCC1. The zero-order chi connectivity index (χ0) is 24.7. The fraction of sp³-hybridized carbons (Fsp3) is 0.308. The highest BCUT2D eigenvalue weighted by Crippen LogP contribution is 2.44. The molecule has 2 amide bonds. The van der Waals surface area contributed by atoms with E-state index in [1.165, 1.54) is 22.8 Å². The number of carbonyl (C=O) groups is 3. The second kappa shape index (κ2) is 8.57. The van der Waals surface area contributed by atoms with E-state index in [1.807, 2.05) is 36.4 Å². The van der Waals surface area contributed by atoms with E-state index in [0.29, 0.717) is 12.8 Å². The van der Waals surface area contributed by atoms with Crippen LogP contribution in [0.3, 0.4) is 0 Å². The fourth-order valence-corrected chi connectivity index (χ4v) is 5.08. The zero-order valence-electron chi connectivity index (χ0n) is 19.5. The van der Waals surface area contributed by atoms with E-state index in [0.717, 1.165) is 28.7 Å². The van der Waals surface area contributed by atoms with Gasteiger partial charge in [-0.1, -0.05) is 48.5 Å². The molecule has 0 spiro atoms. The molecule has 0 bridgehead atoms. The molecule has 1 aromatic heterocycles. The number of nitrogens with zero attached hydrogens (tertiary/aromatic N) is 3. The van der Waals surface area contributed by atoms with Gasteiger partial charge in [-0.05, 0) is 41.5 Å². The van der Waals surface area contributed by atoms with E-state index in [1.54, 1.807) is 7.05 Å². The van der Waals surface area contributed by atoms with Crippen LogP contribution >= 0.6 is 0 Å². The summed E-state index contributed by atoms with van der Waals surface area (Å²) in [6.45, 7) is 0.130. The Morgan fingerprint density at radius 3 is 2.26 bits per heavy atom. The number of aryl methyl sites for hydroxylation is 1. The number of likely N-dealkylation sites (N-methyl/N-ethyl adjacent to an activating group) is 1. The molecule has 1 heterocycles.